The Bertz CT molecular complexity index is 539. The first kappa shape index (κ1) is 12.3. The summed E-state index contributed by atoms with van der Waals surface area (Å²) < 4.78 is 3.79. The number of hydrogen-bond acceptors (Lipinski definition) is 4. The van der Waals surface area contributed by atoms with Crippen molar-refractivity contribution in [2.24, 2.45) is 0 Å². The van der Waals surface area contributed by atoms with Gasteiger partial charge in [-0.2, -0.15) is 5.10 Å². The fourth-order valence-electron chi connectivity index (χ4n) is 2.58. The second kappa shape index (κ2) is 5.13. The van der Waals surface area contributed by atoms with Gasteiger partial charge in [0.1, 0.15) is 5.69 Å². The van der Waals surface area contributed by atoms with E-state index in [1.165, 1.54) is 25.7 Å². The van der Waals surface area contributed by atoms with Gasteiger partial charge in [0.25, 0.3) is 0 Å². The molecule has 2 heterocycles. The van der Waals surface area contributed by atoms with Crippen LogP contribution in [0.25, 0.3) is 0 Å². The van der Waals surface area contributed by atoms with E-state index in [1.807, 2.05) is 6.07 Å². The third-order valence-electron chi connectivity index (χ3n) is 3.67. The Balaban J connectivity index is 1.68. The highest BCUT2D eigenvalue weighted by Crippen LogP contribution is 2.28. The molecule has 1 unspecified atom stereocenters. The van der Waals surface area contributed by atoms with Crippen LogP contribution in [0.5, 0.6) is 0 Å². The van der Waals surface area contributed by atoms with Gasteiger partial charge in [0, 0.05) is 6.20 Å². The lowest BCUT2D eigenvalue weighted by atomic mass is 10.3. The van der Waals surface area contributed by atoms with Crippen LogP contribution in [-0.2, 0) is 6.54 Å². The number of hydrogen-bond donors (Lipinski definition) is 1. The molecule has 1 atom stereocenters. The zero-order chi connectivity index (χ0) is 13.2. The van der Waals surface area contributed by atoms with Crippen molar-refractivity contribution in [1.29, 1.82) is 0 Å². The second-order valence-corrected chi connectivity index (χ2v) is 5.24. The third kappa shape index (κ3) is 2.68. The van der Waals surface area contributed by atoms with Crippen molar-refractivity contribution in [2.75, 3.05) is 0 Å². The quantitative estimate of drug-likeness (QED) is 0.909. The van der Waals surface area contributed by atoms with E-state index in [-0.39, 0.29) is 0 Å². The van der Waals surface area contributed by atoms with Crippen molar-refractivity contribution in [3.8, 4) is 0 Å². The van der Waals surface area contributed by atoms with Gasteiger partial charge in [-0.1, -0.05) is 18.1 Å². The number of aliphatic hydroxyl groups excluding tert-OH is 1. The predicted octanol–water partition coefficient (Wildman–Crippen LogP) is 1.69. The van der Waals surface area contributed by atoms with Gasteiger partial charge in [0.2, 0.25) is 0 Å². The lowest BCUT2D eigenvalue weighted by Gasteiger charge is -2.08. The minimum absolute atomic E-state index is 0.567. The lowest BCUT2D eigenvalue weighted by Crippen LogP contribution is -2.07. The van der Waals surface area contributed by atoms with Gasteiger partial charge < -0.3 is 5.11 Å². The zero-order valence-electron chi connectivity index (χ0n) is 11.1. The Morgan fingerprint density at radius 1 is 1.42 bits per heavy atom. The van der Waals surface area contributed by atoms with E-state index in [9.17, 15) is 5.11 Å². The molecule has 1 N–H and O–H groups in total. The molecule has 6 nitrogen and oxygen atoms in total. The topological polar surface area (TPSA) is 68.8 Å². The molecule has 3 rings (SSSR count). The Morgan fingerprint density at radius 2 is 2.21 bits per heavy atom. The maximum Gasteiger partial charge on any atom is 0.111 e. The van der Waals surface area contributed by atoms with Crippen LogP contribution in [0.2, 0.25) is 0 Å². The fourth-order valence-corrected chi connectivity index (χ4v) is 2.58. The van der Waals surface area contributed by atoms with Gasteiger partial charge in [-0.25, -0.2) is 4.68 Å². The highest BCUT2D eigenvalue weighted by molar-refractivity contribution is 5.03. The van der Waals surface area contributed by atoms with E-state index >= 15 is 0 Å². The minimum Gasteiger partial charge on any atom is -0.387 e. The van der Waals surface area contributed by atoms with Crippen molar-refractivity contribution in [3.05, 3.63) is 29.8 Å². The van der Waals surface area contributed by atoms with Crippen molar-refractivity contribution < 1.29 is 5.11 Å². The number of nitrogens with zero attached hydrogens (tertiary/aromatic N) is 5. The fraction of sp³-hybridized carbons (Fsp3) is 0.615. The summed E-state index contributed by atoms with van der Waals surface area (Å²) in [5.41, 5.74) is 1.57. The molecular formula is C13H19N5O. The van der Waals surface area contributed by atoms with Crippen LogP contribution in [0.15, 0.2) is 18.5 Å². The monoisotopic (exact) mass is 261 g/mol. The molecule has 19 heavy (non-hydrogen) atoms. The van der Waals surface area contributed by atoms with Gasteiger partial charge in [-0.15, -0.1) is 5.10 Å². The van der Waals surface area contributed by atoms with E-state index in [0.29, 0.717) is 18.3 Å². The molecule has 1 aliphatic rings. The summed E-state index contributed by atoms with van der Waals surface area (Å²) in [6.45, 7) is 2.28. The van der Waals surface area contributed by atoms with E-state index in [0.717, 1.165) is 5.69 Å². The highest BCUT2D eigenvalue weighted by Gasteiger charge is 2.17. The predicted molar refractivity (Wildman–Crippen MR) is 69.5 cm³/mol. The summed E-state index contributed by atoms with van der Waals surface area (Å²) in [5.74, 6) is 0. The average molecular weight is 261 g/mol. The molecule has 0 amide bonds. The van der Waals surface area contributed by atoms with Crippen LogP contribution >= 0.6 is 0 Å². The van der Waals surface area contributed by atoms with Crippen LogP contribution in [0.1, 0.15) is 56.1 Å². The summed E-state index contributed by atoms with van der Waals surface area (Å²) in [4.78, 5) is 0. The van der Waals surface area contributed by atoms with E-state index in [1.54, 1.807) is 17.8 Å². The summed E-state index contributed by atoms with van der Waals surface area (Å²) in [6.07, 6.45) is 8.32. The van der Waals surface area contributed by atoms with Crippen molar-refractivity contribution in [1.82, 2.24) is 24.8 Å². The van der Waals surface area contributed by atoms with Crippen LogP contribution in [0.3, 0.4) is 0 Å². The molecule has 1 fully saturated rings. The van der Waals surface area contributed by atoms with Crippen molar-refractivity contribution in [3.63, 3.8) is 0 Å². The maximum absolute atomic E-state index is 9.42. The number of rotatable bonds is 4. The Hall–Kier alpha value is -1.69. The molecule has 0 radical (unpaired) electrons. The van der Waals surface area contributed by atoms with Gasteiger partial charge in [0.05, 0.1) is 30.6 Å². The lowest BCUT2D eigenvalue weighted by molar-refractivity contribution is 0.194. The number of aromatic nitrogens is 5. The van der Waals surface area contributed by atoms with Crippen LogP contribution in [0, 0.1) is 0 Å². The standard InChI is InChI=1S/C13H19N5O/c1-10(19)13-9-17(16-14-13)8-11-6-7-18(15-11)12-4-2-3-5-12/h6-7,9-10,12,19H,2-5,8H2,1H3. The molecular weight excluding hydrogens is 242 g/mol. The minimum atomic E-state index is -0.579. The van der Waals surface area contributed by atoms with E-state index in [2.05, 4.69) is 26.3 Å². The molecule has 6 heteroatoms. The molecule has 0 aromatic carbocycles. The zero-order valence-corrected chi connectivity index (χ0v) is 11.1. The largest absolute Gasteiger partial charge is 0.387 e. The molecule has 0 aliphatic heterocycles. The van der Waals surface area contributed by atoms with E-state index in [4.69, 9.17) is 0 Å². The van der Waals surface area contributed by atoms with Crippen molar-refractivity contribution >= 4 is 0 Å². The molecule has 1 aliphatic carbocycles. The smallest absolute Gasteiger partial charge is 0.111 e. The molecule has 0 bridgehead atoms. The second-order valence-electron chi connectivity index (χ2n) is 5.24. The summed E-state index contributed by atoms with van der Waals surface area (Å²) in [6, 6.07) is 2.60. The third-order valence-corrected chi connectivity index (χ3v) is 3.67. The van der Waals surface area contributed by atoms with Crippen LogP contribution in [0.4, 0.5) is 0 Å². The van der Waals surface area contributed by atoms with Gasteiger partial charge in [0.15, 0.2) is 0 Å². The number of aliphatic hydroxyl groups is 1. The SMILES string of the molecule is CC(O)c1cn(Cc2ccn(C3CCCC3)n2)nn1. The molecule has 2 aromatic rings. The summed E-state index contributed by atoms with van der Waals surface area (Å²) in [7, 11) is 0. The Kier molecular flexibility index (Phi) is 3.33. The maximum atomic E-state index is 9.42. The Morgan fingerprint density at radius 3 is 2.89 bits per heavy atom. The molecule has 102 valence electrons. The highest BCUT2D eigenvalue weighted by atomic mass is 16.3. The molecule has 1 saturated carbocycles. The van der Waals surface area contributed by atoms with Crippen LogP contribution < -0.4 is 0 Å². The van der Waals surface area contributed by atoms with E-state index < -0.39 is 6.10 Å². The van der Waals surface area contributed by atoms with Crippen LogP contribution in [-0.4, -0.2) is 29.9 Å². The first-order valence-electron chi connectivity index (χ1n) is 6.84. The summed E-state index contributed by atoms with van der Waals surface area (Å²) in [5, 5.41) is 21.9. The van der Waals surface area contributed by atoms with Gasteiger partial charge in [-0.3, -0.25) is 4.68 Å². The average Bonchev–Trinajstić information content (AvgIpc) is 3.09. The molecule has 0 spiro atoms. The molecule has 2 aromatic heterocycles. The van der Waals surface area contributed by atoms with Gasteiger partial charge in [-0.05, 0) is 25.8 Å². The van der Waals surface area contributed by atoms with Gasteiger partial charge >= 0.3 is 0 Å². The summed E-state index contributed by atoms with van der Waals surface area (Å²) >= 11 is 0. The first-order chi connectivity index (χ1) is 9.22. The normalized spacial score (nSPS) is 18.0. The first-order valence-corrected chi connectivity index (χ1v) is 6.84. The Labute approximate surface area is 112 Å². The van der Waals surface area contributed by atoms with Crippen molar-refractivity contribution in [2.45, 2.75) is 51.3 Å². The molecule has 0 saturated heterocycles.